The van der Waals surface area contributed by atoms with Gasteiger partial charge in [-0.15, -0.1) is 0 Å². The fraction of sp³-hybridized carbons (Fsp3) is 1.00. The van der Waals surface area contributed by atoms with Crippen LogP contribution in [0.5, 0.6) is 0 Å². The van der Waals surface area contributed by atoms with E-state index >= 15 is 0 Å². The topological polar surface area (TPSA) is 24.5 Å². The molecule has 1 saturated heterocycles. The van der Waals surface area contributed by atoms with Gasteiger partial charge >= 0.3 is 0 Å². The first-order valence-corrected chi connectivity index (χ1v) is 7.28. The summed E-state index contributed by atoms with van der Waals surface area (Å²) in [5.74, 6) is 0.777. The molecule has 1 aliphatic heterocycles. The molecule has 1 rings (SSSR count). The molecule has 3 nitrogen and oxygen atoms in total. The molecule has 0 aromatic rings. The van der Waals surface area contributed by atoms with Crippen LogP contribution in [-0.4, -0.2) is 49.8 Å². The zero-order valence-electron chi connectivity index (χ0n) is 12.0. The lowest BCUT2D eigenvalue weighted by molar-refractivity contribution is -0.00561. The third kappa shape index (κ3) is 4.57. The number of nitrogens with zero attached hydrogens (tertiary/aromatic N) is 1. The van der Waals surface area contributed by atoms with Crippen molar-refractivity contribution < 1.29 is 4.74 Å². The Labute approximate surface area is 107 Å². The highest BCUT2D eigenvalue weighted by Gasteiger charge is 2.29. The number of ether oxygens (including phenoxy) is 1. The average molecular weight is 242 g/mol. The van der Waals surface area contributed by atoms with E-state index in [1.807, 2.05) is 0 Å². The number of hydrogen-bond acceptors (Lipinski definition) is 3. The normalized spacial score (nSPS) is 27.4. The van der Waals surface area contributed by atoms with E-state index in [4.69, 9.17) is 4.74 Å². The molecule has 0 amide bonds. The first kappa shape index (κ1) is 14.9. The summed E-state index contributed by atoms with van der Waals surface area (Å²) in [5.41, 5.74) is 0. The van der Waals surface area contributed by atoms with Crippen LogP contribution in [0, 0.1) is 5.92 Å². The molecule has 3 heteroatoms. The number of nitrogens with one attached hydrogen (secondary N) is 1. The highest BCUT2D eigenvalue weighted by atomic mass is 16.5. The monoisotopic (exact) mass is 242 g/mol. The second-order valence-corrected chi connectivity index (χ2v) is 5.20. The van der Waals surface area contributed by atoms with Gasteiger partial charge in [0.25, 0.3) is 0 Å². The maximum atomic E-state index is 5.68. The van der Waals surface area contributed by atoms with Gasteiger partial charge in [0.15, 0.2) is 0 Å². The second kappa shape index (κ2) is 8.06. The predicted octanol–water partition coefficient (Wildman–Crippen LogP) is 2.12. The molecule has 1 aliphatic rings. The Morgan fingerprint density at radius 1 is 1.35 bits per heavy atom. The van der Waals surface area contributed by atoms with Crippen molar-refractivity contribution in [2.45, 2.75) is 52.6 Å². The molecule has 3 atom stereocenters. The van der Waals surface area contributed by atoms with E-state index < -0.39 is 0 Å². The van der Waals surface area contributed by atoms with Gasteiger partial charge in [0.1, 0.15) is 0 Å². The van der Waals surface area contributed by atoms with E-state index in [1.165, 1.54) is 13.0 Å². The fourth-order valence-electron chi connectivity index (χ4n) is 2.61. The van der Waals surface area contributed by atoms with Crippen molar-refractivity contribution in [3.63, 3.8) is 0 Å². The summed E-state index contributed by atoms with van der Waals surface area (Å²) in [7, 11) is 0. The Bertz CT molecular complexity index is 197. The summed E-state index contributed by atoms with van der Waals surface area (Å²) in [6.45, 7) is 14.3. The Hall–Kier alpha value is -0.120. The van der Waals surface area contributed by atoms with Crippen molar-refractivity contribution in [2.24, 2.45) is 5.92 Å². The van der Waals surface area contributed by atoms with Gasteiger partial charge in [0.2, 0.25) is 0 Å². The van der Waals surface area contributed by atoms with Crippen LogP contribution in [0.1, 0.15) is 40.5 Å². The molecule has 102 valence electrons. The predicted molar refractivity (Wildman–Crippen MR) is 73.4 cm³/mol. The molecule has 1 N–H and O–H groups in total. The third-order valence-corrected chi connectivity index (χ3v) is 3.91. The Kier molecular flexibility index (Phi) is 7.09. The number of rotatable bonds is 7. The number of likely N-dealkylation sites (N-methyl/N-ethyl adjacent to an activating group) is 2. The molecule has 0 saturated carbocycles. The van der Waals surface area contributed by atoms with Crippen LogP contribution in [0.4, 0.5) is 0 Å². The molecular weight excluding hydrogens is 212 g/mol. The van der Waals surface area contributed by atoms with Gasteiger partial charge in [-0.2, -0.15) is 0 Å². The molecule has 0 aromatic heterocycles. The lowest BCUT2D eigenvalue weighted by Gasteiger charge is -2.40. The maximum Gasteiger partial charge on any atom is 0.0637 e. The Balaban J connectivity index is 2.56. The Morgan fingerprint density at radius 3 is 2.71 bits per heavy atom. The van der Waals surface area contributed by atoms with E-state index in [0.717, 1.165) is 38.6 Å². The molecule has 0 aromatic carbocycles. The van der Waals surface area contributed by atoms with Crippen molar-refractivity contribution in [1.29, 1.82) is 0 Å². The van der Waals surface area contributed by atoms with Gasteiger partial charge in [-0.25, -0.2) is 0 Å². The molecule has 0 radical (unpaired) electrons. The van der Waals surface area contributed by atoms with Crippen LogP contribution in [0.25, 0.3) is 0 Å². The number of hydrogen-bond donors (Lipinski definition) is 1. The maximum absolute atomic E-state index is 5.68. The van der Waals surface area contributed by atoms with E-state index in [2.05, 4.69) is 37.9 Å². The van der Waals surface area contributed by atoms with Gasteiger partial charge in [-0.3, -0.25) is 4.90 Å². The highest BCUT2D eigenvalue weighted by molar-refractivity contribution is 4.87. The minimum atomic E-state index is 0.558. The quantitative estimate of drug-likeness (QED) is 0.740. The molecule has 0 bridgehead atoms. The zero-order valence-corrected chi connectivity index (χ0v) is 12.0. The van der Waals surface area contributed by atoms with Gasteiger partial charge in [-0.1, -0.05) is 34.1 Å². The highest BCUT2D eigenvalue weighted by Crippen LogP contribution is 2.16. The molecule has 1 heterocycles. The largest absolute Gasteiger partial charge is 0.380 e. The summed E-state index contributed by atoms with van der Waals surface area (Å²) in [4.78, 5) is 2.60. The second-order valence-electron chi connectivity index (χ2n) is 5.20. The summed E-state index contributed by atoms with van der Waals surface area (Å²) in [6, 6.07) is 1.17. The SMILES string of the molecule is CCNC1CCOCC1N(CC)CC(C)CC. The summed E-state index contributed by atoms with van der Waals surface area (Å²) in [6.07, 6.45) is 2.41. The Morgan fingerprint density at radius 2 is 2.12 bits per heavy atom. The molecular formula is C14H30N2O. The van der Waals surface area contributed by atoms with Gasteiger partial charge in [0, 0.05) is 25.2 Å². The zero-order chi connectivity index (χ0) is 12.7. The molecule has 0 aliphatic carbocycles. The lowest BCUT2D eigenvalue weighted by atomic mass is 9.99. The van der Waals surface area contributed by atoms with Crippen LogP contribution >= 0.6 is 0 Å². The van der Waals surface area contributed by atoms with E-state index in [0.29, 0.717) is 12.1 Å². The smallest absolute Gasteiger partial charge is 0.0637 e. The third-order valence-electron chi connectivity index (χ3n) is 3.91. The lowest BCUT2D eigenvalue weighted by Crippen LogP contribution is -2.56. The summed E-state index contributed by atoms with van der Waals surface area (Å²) in [5, 5.41) is 3.62. The molecule has 17 heavy (non-hydrogen) atoms. The molecule has 1 fully saturated rings. The average Bonchev–Trinajstić information content (AvgIpc) is 2.37. The van der Waals surface area contributed by atoms with E-state index in [9.17, 15) is 0 Å². The van der Waals surface area contributed by atoms with Crippen LogP contribution in [0.2, 0.25) is 0 Å². The van der Waals surface area contributed by atoms with Gasteiger partial charge in [0.05, 0.1) is 6.61 Å². The minimum Gasteiger partial charge on any atom is -0.380 e. The van der Waals surface area contributed by atoms with Gasteiger partial charge in [-0.05, 0) is 25.4 Å². The van der Waals surface area contributed by atoms with Crippen LogP contribution in [0.3, 0.4) is 0 Å². The van der Waals surface area contributed by atoms with Crippen molar-refractivity contribution in [3.8, 4) is 0 Å². The van der Waals surface area contributed by atoms with Gasteiger partial charge < -0.3 is 10.1 Å². The van der Waals surface area contributed by atoms with Crippen LogP contribution < -0.4 is 5.32 Å². The summed E-state index contributed by atoms with van der Waals surface area (Å²) < 4.78 is 5.68. The first-order chi connectivity index (χ1) is 8.22. The van der Waals surface area contributed by atoms with Crippen molar-refractivity contribution in [2.75, 3.05) is 32.8 Å². The fourth-order valence-corrected chi connectivity index (χ4v) is 2.61. The van der Waals surface area contributed by atoms with Crippen molar-refractivity contribution >= 4 is 0 Å². The molecule has 0 spiro atoms. The van der Waals surface area contributed by atoms with Crippen molar-refractivity contribution in [3.05, 3.63) is 0 Å². The molecule has 3 unspecified atom stereocenters. The first-order valence-electron chi connectivity index (χ1n) is 7.28. The van der Waals surface area contributed by atoms with Crippen molar-refractivity contribution in [1.82, 2.24) is 10.2 Å². The van der Waals surface area contributed by atoms with E-state index in [-0.39, 0.29) is 0 Å². The standard InChI is InChI=1S/C14H30N2O/c1-5-12(4)10-16(7-3)14-11-17-9-8-13(14)15-6-2/h12-15H,5-11H2,1-4H3. The van der Waals surface area contributed by atoms with Crippen LogP contribution in [0.15, 0.2) is 0 Å². The van der Waals surface area contributed by atoms with E-state index in [1.54, 1.807) is 0 Å². The minimum absolute atomic E-state index is 0.558. The summed E-state index contributed by atoms with van der Waals surface area (Å²) >= 11 is 0. The van der Waals surface area contributed by atoms with Crippen LogP contribution in [-0.2, 0) is 4.74 Å².